The molecule has 0 bridgehead atoms. The number of nitrogens with one attached hydrogen (secondary N) is 2. The van der Waals surface area contributed by atoms with Crippen LogP contribution in [0.3, 0.4) is 0 Å². The van der Waals surface area contributed by atoms with Crippen LogP contribution in [0.4, 0.5) is 11.4 Å². The largest absolute Gasteiger partial charge is 0.495 e. The molecule has 0 aromatic heterocycles. The highest BCUT2D eigenvalue weighted by Gasteiger charge is 2.56. The van der Waals surface area contributed by atoms with Crippen molar-refractivity contribution in [2.45, 2.75) is 17.7 Å². The first kappa shape index (κ1) is 14.9. The van der Waals surface area contributed by atoms with Crippen molar-refractivity contribution in [3.8, 4) is 5.75 Å². The van der Waals surface area contributed by atoms with Gasteiger partial charge in [0.25, 0.3) is 0 Å². The number of halogens is 2. The molecule has 2 N–H and O–H groups in total. The molecule has 0 aliphatic heterocycles. The molecule has 2 amide bonds. The highest BCUT2D eigenvalue weighted by molar-refractivity contribution is 6.52. The summed E-state index contributed by atoms with van der Waals surface area (Å²) in [5, 5.41) is 5.34. The van der Waals surface area contributed by atoms with Crippen LogP contribution in [-0.4, -0.2) is 23.3 Å². The number of carbonyl (C=O) groups is 2. The summed E-state index contributed by atoms with van der Waals surface area (Å²) < 4.78 is 4.19. The molecule has 20 heavy (non-hydrogen) atoms. The molecule has 1 atom stereocenters. The molecule has 5 nitrogen and oxygen atoms in total. The normalized spacial score (nSPS) is 19.1. The van der Waals surface area contributed by atoms with E-state index >= 15 is 0 Å². The lowest BCUT2D eigenvalue weighted by atomic mass is 10.2. The summed E-state index contributed by atoms with van der Waals surface area (Å²) in [6.45, 7) is 1.40. The van der Waals surface area contributed by atoms with Gasteiger partial charge in [-0.2, -0.15) is 0 Å². The molecule has 0 spiro atoms. The Kier molecular flexibility index (Phi) is 4.11. The number of alkyl halides is 2. The number of hydrogen-bond acceptors (Lipinski definition) is 3. The van der Waals surface area contributed by atoms with Gasteiger partial charge in [-0.1, -0.05) is 0 Å². The van der Waals surface area contributed by atoms with Crippen molar-refractivity contribution in [2.75, 3.05) is 17.7 Å². The maximum absolute atomic E-state index is 12.0. The minimum Gasteiger partial charge on any atom is -0.495 e. The average molecular weight is 317 g/mol. The van der Waals surface area contributed by atoms with E-state index in [9.17, 15) is 9.59 Å². The van der Waals surface area contributed by atoms with Crippen molar-refractivity contribution in [3.63, 3.8) is 0 Å². The van der Waals surface area contributed by atoms with Crippen LogP contribution in [0.1, 0.15) is 13.3 Å². The van der Waals surface area contributed by atoms with Crippen LogP contribution >= 0.6 is 23.2 Å². The van der Waals surface area contributed by atoms with Crippen molar-refractivity contribution >= 4 is 46.4 Å². The number of benzene rings is 1. The lowest BCUT2D eigenvalue weighted by Crippen LogP contribution is -2.17. The first-order chi connectivity index (χ1) is 9.33. The number of carbonyl (C=O) groups excluding carboxylic acids is 2. The minimum absolute atomic E-state index is 0.199. The lowest BCUT2D eigenvalue weighted by Gasteiger charge is -2.12. The molecule has 1 saturated carbocycles. The van der Waals surface area contributed by atoms with Gasteiger partial charge in [0.2, 0.25) is 11.8 Å². The zero-order chi connectivity index (χ0) is 14.9. The van der Waals surface area contributed by atoms with Gasteiger partial charge >= 0.3 is 0 Å². The Labute approximate surface area is 126 Å². The summed E-state index contributed by atoms with van der Waals surface area (Å²) in [5.41, 5.74) is 1.02. The van der Waals surface area contributed by atoms with Gasteiger partial charge in [-0.25, -0.2) is 0 Å². The average Bonchev–Trinajstić information content (AvgIpc) is 2.98. The number of amides is 2. The van der Waals surface area contributed by atoms with Gasteiger partial charge in [-0.3, -0.25) is 9.59 Å². The smallest absolute Gasteiger partial charge is 0.230 e. The van der Waals surface area contributed by atoms with Crippen molar-refractivity contribution in [1.82, 2.24) is 0 Å². The molecular formula is C13H14Cl2N2O3. The second kappa shape index (κ2) is 5.50. The zero-order valence-electron chi connectivity index (χ0n) is 11.0. The first-order valence-corrected chi connectivity index (χ1v) is 6.73. The quantitative estimate of drug-likeness (QED) is 0.839. The van der Waals surface area contributed by atoms with Gasteiger partial charge in [0.1, 0.15) is 10.1 Å². The topological polar surface area (TPSA) is 67.4 Å². The summed E-state index contributed by atoms with van der Waals surface area (Å²) in [6.07, 6.45) is 0.426. The predicted octanol–water partition coefficient (Wildman–Crippen LogP) is 2.79. The van der Waals surface area contributed by atoms with Gasteiger partial charge in [0, 0.05) is 12.6 Å². The standard InChI is InChI=1S/C13H14Cl2N2O3/c1-7(18)16-8-3-4-11(20-2)10(5-8)17-12(19)9-6-13(9,14)15/h3-5,9H,6H2,1-2H3,(H,16,18)(H,17,19). The molecule has 0 heterocycles. The molecule has 1 unspecified atom stereocenters. The third-order valence-electron chi connectivity index (χ3n) is 2.92. The Morgan fingerprint density at radius 1 is 1.35 bits per heavy atom. The molecular weight excluding hydrogens is 303 g/mol. The van der Waals surface area contributed by atoms with E-state index in [1.54, 1.807) is 18.2 Å². The van der Waals surface area contributed by atoms with Crippen LogP contribution in [0, 0.1) is 5.92 Å². The molecule has 0 saturated heterocycles. The van der Waals surface area contributed by atoms with Crippen LogP contribution in [0.15, 0.2) is 18.2 Å². The number of anilines is 2. The van der Waals surface area contributed by atoms with Crippen LogP contribution in [0.25, 0.3) is 0 Å². The zero-order valence-corrected chi connectivity index (χ0v) is 12.5. The molecule has 1 aromatic rings. The highest BCUT2D eigenvalue weighted by Crippen LogP contribution is 2.53. The van der Waals surface area contributed by atoms with E-state index in [1.807, 2.05) is 0 Å². The molecule has 1 aromatic carbocycles. The molecule has 1 aliphatic carbocycles. The molecule has 108 valence electrons. The van der Waals surface area contributed by atoms with Gasteiger partial charge in [-0.15, -0.1) is 23.2 Å². The minimum atomic E-state index is -0.980. The van der Waals surface area contributed by atoms with Gasteiger partial charge < -0.3 is 15.4 Å². The Bertz CT molecular complexity index is 561. The fraction of sp³-hybridized carbons (Fsp3) is 0.385. The van der Waals surface area contributed by atoms with Gasteiger partial charge in [-0.05, 0) is 24.6 Å². The Morgan fingerprint density at radius 2 is 2.00 bits per heavy atom. The molecule has 2 rings (SSSR count). The van der Waals surface area contributed by atoms with E-state index in [1.165, 1.54) is 14.0 Å². The third kappa shape index (κ3) is 3.35. The number of ether oxygens (including phenoxy) is 1. The van der Waals surface area contributed by atoms with Crippen molar-refractivity contribution < 1.29 is 14.3 Å². The van der Waals surface area contributed by atoms with E-state index in [2.05, 4.69) is 10.6 Å². The van der Waals surface area contributed by atoms with Gasteiger partial charge in [0.15, 0.2) is 0 Å². The second-order valence-corrected chi connectivity index (χ2v) is 6.15. The number of methoxy groups -OCH3 is 1. The maximum Gasteiger partial charge on any atom is 0.230 e. The summed E-state index contributed by atoms with van der Waals surface area (Å²) >= 11 is 11.7. The van der Waals surface area contributed by atoms with Crippen LogP contribution in [0.5, 0.6) is 5.75 Å². The summed E-state index contributed by atoms with van der Waals surface area (Å²) in [4.78, 5) is 23.0. The Hall–Kier alpha value is -1.46. The van der Waals surface area contributed by atoms with Crippen molar-refractivity contribution in [2.24, 2.45) is 5.92 Å². The van der Waals surface area contributed by atoms with E-state index in [0.29, 0.717) is 23.5 Å². The van der Waals surface area contributed by atoms with Crippen LogP contribution < -0.4 is 15.4 Å². The molecule has 1 aliphatic rings. The molecule has 7 heteroatoms. The third-order valence-corrected chi connectivity index (χ3v) is 3.76. The van der Waals surface area contributed by atoms with E-state index < -0.39 is 10.3 Å². The highest BCUT2D eigenvalue weighted by atomic mass is 35.5. The molecule has 0 radical (unpaired) electrons. The van der Waals surface area contributed by atoms with E-state index in [0.717, 1.165) is 0 Å². The monoisotopic (exact) mass is 316 g/mol. The second-order valence-electron chi connectivity index (χ2n) is 4.60. The van der Waals surface area contributed by atoms with Gasteiger partial charge in [0.05, 0.1) is 18.7 Å². The van der Waals surface area contributed by atoms with Crippen molar-refractivity contribution in [1.29, 1.82) is 0 Å². The van der Waals surface area contributed by atoms with E-state index in [4.69, 9.17) is 27.9 Å². The summed E-state index contributed by atoms with van der Waals surface area (Å²) in [5.74, 6) is -0.411. The Morgan fingerprint density at radius 3 is 2.50 bits per heavy atom. The fourth-order valence-electron chi connectivity index (χ4n) is 1.80. The summed E-state index contributed by atoms with van der Waals surface area (Å²) in [6, 6.07) is 4.95. The Balaban J connectivity index is 2.16. The van der Waals surface area contributed by atoms with Crippen molar-refractivity contribution in [3.05, 3.63) is 18.2 Å². The fourth-order valence-corrected chi connectivity index (χ4v) is 2.31. The van der Waals surface area contributed by atoms with Crippen LogP contribution in [0.2, 0.25) is 0 Å². The molecule has 1 fully saturated rings. The maximum atomic E-state index is 12.0. The SMILES string of the molecule is COc1ccc(NC(C)=O)cc1NC(=O)C1CC1(Cl)Cl. The summed E-state index contributed by atoms with van der Waals surface area (Å²) in [7, 11) is 1.49. The number of rotatable bonds is 4. The number of hydrogen-bond donors (Lipinski definition) is 2. The van der Waals surface area contributed by atoms with E-state index in [-0.39, 0.29) is 11.8 Å². The lowest BCUT2D eigenvalue weighted by molar-refractivity contribution is -0.117. The predicted molar refractivity (Wildman–Crippen MR) is 78.5 cm³/mol. The van der Waals surface area contributed by atoms with Crippen LogP contribution in [-0.2, 0) is 9.59 Å². The first-order valence-electron chi connectivity index (χ1n) is 5.98.